The Balaban J connectivity index is 0. The maximum atomic E-state index is 3.64. The van der Waals surface area contributed by atoms with Gasteiger partial charge in [0.1, 0.15) is 0 Å². The molecule has 0 amide bonds. The van der Waals surface area contributed by atoms with Gasteiger partial charge in [0, 0.05) is 0 Å². The van der Waals surface area contributed by atoms with Crippen LogP contribution in [0.2, 0.25) is 0 Å². The van der Waals surface area contributed by atoms with Crippen LogP contribution in [-0.4, -0.2) is 0 Å². The number of allylic oxidation sites excluding steroid dienone is 1. The van der Waals surface area contributed by atoms with Gasteiger partial charge in [-0.1, -0.05) is 6.08 Å². The average molecular weight is 132 g/mol. The molecule has 0 N–H and O–H groups in total. The summed E-state index contributed by atoms with van der Waals surface area (Å²) in [7, 11) is 0. The predicted octanol–water partition coefficient (Wildman–Crippen LogP) is -0.407. The van der Waals surface area contributed by atoms with Crippen LogP contribution in [0.1, 0.15) is 6.99 Å². The van der Waals surface area contributed by atoms with Gasteiger partial charge in [0.25, 0.3) is 0 Å². The summed E-state index contributed by atoms with van der Waals surface area (Å²) < 4.78 is 0. The van der Waals surface area contributed by atoms with Crippen molar-refractivity contribution in [1.82, 2.24) is 0 Å². The van der Waals surface area contributed by atoms with E-state index in [9.17, 15) is 0 Å². The third-order valence-corrected chi connectivity index (χ3v) is 1.69. The van der Waals surface area contributed by atoms with E-state index >= 15 is 0 Å². The van der Waals surface area contributed by atoms with Gasteiger partial charge in [-0.2, -0.15) is 11.3 Å². The second kappa shape index (κ2) is 4.87. The van der Waals surface area contributed by atoms with Gasteiger partial charge in [0.15, 0.2) is 0 Å². The minimum absolute atomic E-state index is 0. The molecule has 0 aromatic carbocycles. The minimum Gasteiger partial charge on any atom is -1.00 e. The van der Waals surface area contributed by atoms with E-state index < -0.39 is 0 Å². The van der Waals surface area contributed by atoms with Gasteiger partial charge in [0.05, 0.1) is 0 Å². The van der Waals surface area contributed by atoms with E-state index in [1.807, 2.05) is 6.08 Å². The molecular formula is C7H9LiS. The van der Waals surface area contributed by atoms with Gasteiger partial charge in [-0.05, 0) is 28.8 Å². The molecule has 0 radical (unpaired) electrons. The summed E-state index contributed by atoms with van der Waals surface area (Å²) in [4.78, 5) is 0. The fourth-order valence-corrected chi connectivity index (χ4v) is 1.26. The smallest absolute Gasteiger partial charge is 1.00 e. The Labute approximate surface area is 73.3 Å². The van der Waals surface area contributed by atoms with Gasteiger partial charge in [-0.15, -0.1) is 6.58 Å². The zero-order valence-electron chi connectivity index (χ0n) is 6.63. The molecule has 0 nitrogen and oxygen atoms in total. The summed E-state index contributed by atoms with van der Waals surface area (Å²) in [5.41, 5.74) is 1.37. The van der Waals surface area contributed by atoms with Crippen LogP contribution in [0.25, 0.3) is 0 Å². The molecule has 1 aromatic heterocycles. The normalized spacial score (nSPS) is 8.00. The van der Waals surface area contributed by atoms with E-state index in [-0.39, 0.29) is 20.3 Å². The van der Waals surface area contributed by atoms with Crippen molar-refractivity contribution in [2.75, 3.05) is 0 Å². The first-order valence-corrected chi connectivity index (χ1v) is 3.49. The quantitative estimate of drug-likeness (QED) is 0.379. The summed E-state index contributed by atoms with van der Waals surface area (Å²) in [5, 5.41) is 4.22. The molecule has 0 aliphatic heterocycles. The molecule has 2 heteroatoms. The first-order chi connectivity index (χ1) is 3.93. The summed E-state index contributed by atoms with van der Waals surface area (Å²) in [6, 6.07) is 2.12. The van der Waals surface area contributed by atoms with Crippen molar-refractivity contribution >= 4 is 11.3 Å². The van der Waals surface area contributed by atoms with Crippen molar-refractivity contribution < 1.29 is 20.3 Å². The molecule has 0 atom stereocenters. The molecule has 44 valence electrons. The SMILES string of the molecule is C=CCc1ccsc1.[H-].[Li+]. The van der Waals surface area contributed by atoms with Crippen molar-refractivity contribution in [2.24, 2.45) is 0 Å². The van der Waals surface area contributed by atoms with E-state index in [2.05, 4.69) is 23.4 Å². The van der Waals surface area contributed by atoms with Crippen LogP contribution < -0.4 is 18.9 Å². The maximum Gasteiger partial charge on any atom is 1.00 e. The number of rotatable bonds is 2. The third-order valence-electron chi connectivity index (χ3n) is 0.960. The Morgan fingerprint density at radius 1 is 1.78 bits per heavy atom. The van der Waals surface area contributed by atoms with Crippen LogP contribution in [-0.2, 0) is 6.42 Å². The molecule has 0 saturated carbocycles. The monoisotopic (exact) mass is 132 g/mol. The zero-order valence-corrected chi connectivity index (χ0v) is 6.45. The molecule has 1 rings (SSSR count). The molecule has 0 aliphatic rings. The van der Waals surface area contributed by atoms with Crippen molar-refractivity contribution in [3.8, 4) is 0 Å². The Bertz CT molecular complexity index is 160. The molecule has 1 aromatic rings. The first-order valence-electron chi connectivity index (χ1n) is 2.55. The van der Waals surface area contributed by atoms with Crippen molar-refractivity contribution in [2.45, 2.75) is 6.42 Å². The van der Waals surface area contributed by atoms with Crippen LogP contribution >= 0.6 is 11.3 Å². The summed E-state index contributed by atoms with van der Waals surface area (Å²) in [5.74, 6) is 0. The standard InChI is InChI=1S/C7H8S.Li.H/c1-2-3-7-4-5-8-6-7;;/h2,4-6H,1,3H2;;/q;+1;-1. The van der Waals surface area contributed by atoms with Gasteiger partial charge < -0.3 is 1.43 Å². The molecule has 0 bridgehead atoms. The number of thiophene rings is 1. The van der Waals surface area contributed by atoms with E-state index in [0.717, 1.165) is 6.42 Å². The second-order valence-corrected chi connectivity index (χ2v) is 2.40. The van der Waals surface area contributed by atoms with E-state index in [1.165, 1.54) is 5.56 Å². The molecule has 0 spiro atoms. The summed E-state index contributed by atoms with van der Waals surface area (Å²) in [6.45, 7) is 3.64. The predicted molar refractivity (Wildman–Crippen MR) is 39.3 cm³/mol. The minimum atomic E-state index is 0. The van der Waals surface area contributed by atoms with Gasteiger partial charge in [-0.3, -0.25) is 0 Å². The Kier molecular flexibility index (Phi) is 4.89. The fraction of sp³-hybridized carbons (Fsp3) is 0.143. The topological polar surface area (TPSA) is 0 Å². The van der Waals surface area contributed by atoms with Crippen molar-refractivity contribution in [3.05, 3.63) is 35.0 Å². The van der Waals surface area contributed by atoms with Gasteiger partial charge in [0.2, 0.25) is 0 Å². The second-order valence-electron chi connectivity index (χ2n) is 1.62. The summed E-state index contributed by atoms with van der Waals surface area (Å²) in [6.07, 6.45) is 2.92. The molecule has 9 heavy (non-hydrogen) atoms. The van der Waals surface area contributed by atoms with Crippen molar-refractivity contribution in [1.29, 1.82) is 0 Å². The number of hydrogen-bond donors (Lipinski definition) is 0. The third kappa shape index (κ3) is 2.91. The van der Waals surface area contributed by atoms with Gasteiger partial charge in [-0.25, -0.2) is 0 Å². The molecular weight excluding hydrogens is 123 g/mol. The fourth-order valence-electron chi connectivity index (χ4n) is 0.575. The van der Waals surface area contributed by atoms with Crippen LogP contribution in [0.4, 0.5) is 0 Å². The average Bonchev–Trinajstić information content (AvgIpc) is 2.19. The maximum absolute atomic E-state index is 3.64. The summed E-state index contributed by atoms with van der Waals surface area (Å²) >= 11 is 1.73. The molecule has 0 aliphatic carbocycles. The van der Waals surface area contributed by atoms with Crippen LogP contribution in [0.15, 0.2) is 29.5 Å². The number of hydrogen-bond acceptors (Lipinski definition) is 1. The van der Waals surface area contributed by atoms with E-state index in [1.54, 1.807) is 11.3 Å². The van der Waals surface area contributed by atoms with E-state index in [0.29, 0.717) is 0 Å². The van der Waals surface area contributed by atoms with E-state index in [4.69, 9.17) is 0 Å². The Morgan fingerprint density at radius 3 is 3.00 bits per heavy atom. The first kappa shape index (κ1) is 9.04. The molecule has 0 unspecified atom stereocenters. The van der Waals surface area contributed by atoms with Crippen LogP contribution in [0.5, 0.6) is 0 Å². The van der Waals surface area contributed by atoms with Gasteiger partial charge >= 0.3 is 18.9 Å². The van der Waals surface area contributed by atoms with Crippen LogP contribution in [0, 0.1) is 0 Å². The molecule has 0 fully saturated rings. The largest absolute Gasteiger partial charge is 1.00 e. The molecule has 0 saturated heterocycles. The Morgan fingerprint density at radius 2 is 2.56 bits per heavy atom. The molecule has 1 heterocycles. The zero-order chi connectivity index (χ0) is 5.82. The Hall–Kier alpha value is 0.0374. The van der Waals surface area contributed by atoms with Crippen LogP contribution in [0.3, 0.4) is 0 Å². The van der Waals surface area contributed by atoms with Crippen molar-refractivity contribution in [3.63, 3.8) is 0 Å².